The van der Waals surface area contributed by atoms with E-state index in [1.165, 1.54) is 24.1 Å². The molecule has 3 aromatic heterocycles. The van der Waals surface area contributed by atoms with Crippen LogP contribution in [0, 0.1) is 11.3 Å². The summed E-state index contributed by atoms with van der Waals surface area (Å²) in [5, 5.41) is 26.1. The van der Waals surface area contributed by atoms with Crippen LogP contribution in [0.3, 0.4) is 0 Å². The van der Waals surface area contributed by atoms with Crippen molar-refractivity contribution >= 4 is 11.6 Å². The van der Waals surface area contributed by atoms with Gasteiger partial charge in [0, 0.05) is 32.1 Å². The number of benzene rings is 1. The van der Waals surface area contributed by atoms with Crippen LogP contribution in [0.1, 0.15) is 51.9 Å². The first-order valence-electron chi connectivity index (χ1n) is 10.3. The number of nitriles is 1. The molecule has 0 radical (unpaired) electrons. The van der Waals surface area contributed by atoms with Gasteiger partial charge in [-0.05, 0) is 11.6 Å². The minimum Gasteiger partial charge on any atom is -0.501 e. The van der Waals surface area contributed by atoms with E-state index in [-0.39, 0.29) is 11.5 Å². The van der Waals surface area contributed by atoms with Gasteiger partial charge in [-0.2, -0.15) is 5.26 Å². The molecule has 0 saturated heterocycles. The van der Waals surface area contributed by atoms with Crippen LogP contribution < -0.4 is 10.9 Å². The van der Waals surface area contributed by atoms with E-state index in [1.807, 2.05) is 32.3 Å². The molecule has 1 aromatic carbocycles. The molecule has 0 fully saturated rings. The molecule has 4 aromatic rings. The molecule has 4 rings (SSSR count). The molecule has 0 aliphatic rings. The maximum Gasteiger partial charge on any atom is 0.296 e. The van der Waals surface area contributed by atoms with Crippen molar-refractivity contribution in [1.29, 1.82) is 5.26 Å². The average molecular weight is 459 g/mol. The van der Waals surface area contributed by atoms with Crippen molar-refractivity contribution in [2.45, 2.75) is 18.8 Å². The number of amides is 1. The molecule has 0 unspecified atom stereocenters. The van der Waals surface area contributed by atoms with Crippen molar-refractivity contribution in [1.82, 2.24) is 24.3 Å². The van der Waals surface area contributed by atoms with Crippen molar-refractivity contribution in [2.24, 2.45) is 14.1 Å². The molecule has 34 heavy (non-hydrogen) atoms. The van der Waals surface area contributed by atoms with Crippen LogP contribution in [0.15, 0.2) is 58.6 Å². The quantitative estimate of drug-likeness (QED) is 0.445. The summed E-state index contributed by atoms with van der Waals surface area (Å²) >= 11 is 0. The summed E-state index contributed by atoms with van der Waals surface area (Å²) in [7, 11) is 3.30. The number of nitrogens with zero attached hydrogens (tertiary/aromatic N) is 6. The van der Waals surface area contributed by atoms with Gasteiger partial charge in [0.05, 0.1) is 29.9 Å². The van der Waals surface area contributed by atoms with E-state index in [2.05, 4.69) is 26.5 Å². The summed E-state index contributed by atoms with van der Waals surface area (Å²) in [6.07, 6.45) is 5.95. The Morgan fingerprint density at radius 2 is 2.06 bits per heavy atom. The number of imidazole rings is 1. The van der Waals surface area contributed by atoms with Crippen LogP contribution in [0.25, 0.3) is 0 Å². The van der Waals surface area contributed by atoms with Gasteiger partial charge in [-0.25, -0.2) is 9.97 Å². The Morgan fingerprint density at radius 1 is 1.29 bits per heavy atom. The number of rotatable bonds is 6. The predicted octanol–water partition coefficient (Wildman–Crippen LogP) is 2.27. The third-order valence-electron chi connectivity index (χ3n) is 5.57. The summed E-state index contributed by atoms with van der Waals surface area (Å²) < 4.78 is 7.67. The van der Waals surface area contributed by atoms with Gasteiger partial charge in [0.1, 0.15) is 17.8 Å². The Hall–Kier alpha value is -4.72. The zero-order chi connectivity index (χ0) is 24.4. The molecular formula is C23H21N7O4. The number of aromatic nitrogens is 5. The fraction of sp³-hybridized carbons (Fsp3) is 0.217. The number of nitrogens with one attached hydrogen (secondary N) is 1. The first-order chi connectivity index (χ1) is 16.3. The van der Waals surface area contributed by atoms with Crippen molar-refractivity contribution < 1.29 is 14.4 Å². The minimum absolute atomic E-state index is 0.238. The first kappa shape index (κ1) is 22.5. The average Bonchev–Trinajstić information content (AvgIpc) is 3.50. The monoisotopic (exact) mass is 459 g/mol. The van der Waals surface area contributed by atoms with Crippen molar-refractivity contribution in [2.75, 3.05) is 5.32 Å². The smallest absolute Gasteiger partial charge is 0.296 e. The second-order valence-corrected chi connectivity index (χ2v) is 7.83. The van der Waals surface area contributed by atoms with E-state index in [0.717, 1.165) is 0 Å². The summed E-state index contributed by atoms with van der Waals surface area (Å²) in [5.41, 5.74) is 0.861. The maximum atomic E-state index is 12.8. The number of aromatic hydroxyl groups is 1. The molecule has 3 heterocycles. The number of anilines is 1. The van der Waals surface area contributed by atoms with Crippen molar-refractivity contribution in [3.63, 3.8) is 0 Å². The molecule has 0 saturated carbocycles. The lowest BCUT2D eigenvalue weighted by molar-refractivity contribution is 0.101. The zero-order valence-electron chi connectivity index (χ0n) is 18.6. The number of aryl methyl sites for hydroxylation is 1. The standard InChI is InChI=1S/C23H21N7O4/c1-13(18(17-10-29(2)12-25-17)16-7-5-4-6-14(16)8-24)21-28-19(20(31)23(33)30(21)3)22(32)27-15-9-26-34-11-15/h4-7,9-13,18,31H,1-3H3,(H,27,32)/t13-,18+/m1/s1. The maximum absolute atomic E-state index is 12.8. The summed E-state index contributed by atoms with van der Waals surface area (Å²) in [4.78, 5) is 34.5. The van der Waals surface area contributed by atoms with Crippen molar-refractivity contribution in [3.05, 3.63) is 87.9 Å². The normalized spacial score (nSPS) is 12.6. The third kappa shape index (κ3) is 4.04. The van der Waals surface area contributed by atoms with Gasteiger partial charge in [-0.15, -0.1) is 0 Å². The molecular weight excluding hydrogens is 438 g/mol. The second kappa shape index (κ2) is 9.03. The lowest BCUT2D eigenvalue weighted by Gasteiger charge is -2.25. The largest absolute Gasteiger partial charge is 0.501 e. The molecule has 1 amide bonds. The summed E-state index contributed by atoms with van der Waals surface area (Å²) in [6.45, 7) is 1.83. The van der Waals surface area contributed by atoms with E-state index >= 15 is 0 Å². The van der Waals surface area contributed by atoms with Gasteiger partial charge in [0.15, 0.2) is 5.69 Å². The fourth-order valence-electron chi connectivity index (χ4n) is 3.93. The molecule has 2 atom stereocenters. The predicted molar refractivity (Wildman–Crippen MR) is 120 cm³/mol. The van der Waals surface area contributed by atoms with E-state index in [4.69, 9.17) is 4.52 Å². The lowest BCUT2D eigenvalue weighted by atomic mass is 9.82. The van der Waals surface area contributed by atoms with Crippen LogP contribution in [-0.2, 0) is 14.1 Å². The topological polar surface area (TPSA) is 152 Å². The Balaban J connectivity index is 1.85. The van der Waals surface area contributed by atoms with Crippen LogP contribution in [0.5, 0.6) is 5.75 Å². The van der Waals surface area contributed by atoms with Gasteiger partial charge >= 0.3 is 0 Å². The van der Waals surface area contributed by atoms with E-state index in [0.29, 0.717) is 16.8 Å². The van der Waals surface area contributed by atoms with Crippen LogP contribution >= 0.6 is 0 Å². The fourth-order valence-corrected chi connectivity index (χ4v) is 3.93. The highest BCUT2D eigenvalue weighted by Gasteiger charge is 2.31. The molecule has 0 bridgehead atoms. The Labute approximate surface area is 193 Å². The van der Waals surface area contributed by atoms with E-state index < -0.39 is 34.7 Å². The third-order valence-corrected chi connectivity index (χ3v) is 5.57. The molecule has 0 aliphatic carbocycles. The Bertz CT molecular complexity index is 1450. The van der Waals surface area contributed by atoms with Crippen molar-refractivity contribution in [3.8, 4) is 11.8 Å². The molecule has 2 N–H and O–H groups in total. The van der Waals surface area contributed by atoms with Gasteiger partial charge in [0.25, 0.3) is 11.5 Å². The molecule has 172 valence electrons. The molecule has 0 aliphatic heterocycles. The molecule has 11 nitrogen and oxygen atoms in total. The highest BCUT2D eigenvalue weighted by Crippen LogP contribution is 2.38. The van der Waals surface area contributed by atoms with Crippen LogP contribution in [-0.4, -0.2) is 35.3 Å². The summed E-state index contributed by atoms with van der Waals surface area (Å²) in [6, 6.07) is 9.33. The highest BCUT2D eigenvalue weighted by molar-refractivity contribution is 6.04. The zero-order valence-corrected chi connectivity index (χ0v) is 18.6. The molecule has 0 spiro atoms. The minimum atomic E-state index is -0.793. The number of carbonyl (C=O) groups excluding carboxylic acids is 1. The second-order valence-electron chi connectivity index (χ2n) is 7.83. The van der Waals surface area contributed by atoms with Crippen LogP contribution in [0.4, 0.5) is 5.69 Å². The SMILES string of the molecule is C[C@@H](c1nc(C(=O)Nc2cnoc2)c(O)c(=O)n1C)[C@H](c1cn(C)cn1)c1ccccc1C#N. The summed E-state index contributed by atoms with van der Waals surface area (Å²) in [5.74, 6) is -2.31. The number of hydrogen-bond acceptors (Lipinski definition) is 8. The van der Waals surface area contributed by atoms with Gasteiger partial charge in [-0.3, -0.25) is 14.2 Å². The van der Waals surface area contributed by atoms with Gasteiger partial charge in [0.2, 0.25) is 5.75 Å². The van der Waals surface area contributed by atoms with E-state index in [9.17, 15) is 20.0 Å². The van der Waals surface area contributed by atoms with E-state index in [1.54, 1.807) is 23.0 Å². The number of carbonyl (C=O) groups is 1. The lowest BCUT2D eigenvalue weighted by Crippen LogP contribution is -2.29. The highest BCUT2D eigenvalue weighted by atomic mass is 16.5. The molecule has 11 heteroatoms. The van der Waals surface area contributed by atoms with Gasteiger partial charge < -0.3 is 19.5 Å². The Morgan fingerprint density at radius 3 is 2.71 bits per heavy atom. The van der Waals surface area contributed by atoms with Crippen LogP contribution in [0.2, 0.25) is 0 Å². The Kier molecular flexibility index (Phi) is 5.97. The van der Waals surface area contributed by atoms with Gasteiger partial charge in [-0.1, -0.05) is 30.3 Å². The first-order valence-corrected chi connectivity index (χ1v) is 10.3. The number of hydrogen-bond donors (Lipinski definition) is 2.